The Balaban J connectivity index is 2.31. The van der Waals surface area contributed by atoms with Crippen molar-refractivity contribution in [3.8, 4) is 0 Å². The summed E-state index contributed by atoms with van der Waals surface area (Å²) in [6.07, 6.45) is 0. The molecule has 0 aliphatic heterocycles. The normalized spacial score (nSPS) is 12.4. The first-order chi connectivity index (χ1) is 8.49. The van der Waals surface area contributed by atoms with Gasteiger partial charge in [0.2, 0.25) is 0 Å². The Kier molecular flexibility index (Phi) is 3.47. The van der Waals surface area contributed by atoms with Gasteiger partial charge in [-0.05, 0) is 30.2 Å². The van der Waals surface area contributed by atoms with Crippen LogP contribution in [-0.4, -0.2) is 4.92 Å². The van der Waals surface area contributed by atoms with E-state index < -0.39 is 4.92 Å². The third-order valence-corrected chi connectivity index (χ3v) is 3.50. The van der Waals surface area contributed by atoms with Crippen LogP contribution >= 0.6 is 15.9 Å². The zero-order valence-corrected chi connectivity index (χ0v) is 11.0. The molecule has 0 amide bonds. The molecule has 4 nitrogen and oxygen atoms in total. The first-order valence-electron chi connectivity index (χ1n) is 5.13. The summed E-state index contributed by atoms with van der Waals surface area (Å²) in [5, 5.41) is 10.5. The molecule has 18 heavy (non-hydrogen) atoms. The molecule has 0 N–H and O–H groups in total. The van der Waals surface area contributed by atoms with E-state index in [1.807, 2.05) is 0 Å². The van der Waals surface area contributed by atoms with E-state index in [1.165, 1.54) is 18.2 Å². The third-order valence-electron chi connectivity index (χ3n) is 2.52. The maximum absolute atomic E-state index is 13.1. The van der Waals surface area contributed by atoms with Crippen LogP contribution < -0.4 is 0 Å². The third kappa shape index (κ3) is 2.43. The van der Waals surface area contributed by atoms with Crippen molar-refractivity contribution in [2.45, 2.75) is 11.8 Å². The van der Waals surface area contributed by atoms with Crippen LogP contribution in [-0.2, 0) is 0 Å². The van der Waals surface area contributed by atoms with Gasteiger partial charge in [0.15, 0.2) is 0 Å². The van der Waals surface area contributed by atoms with E-state index >= 15 is 0 Å². The molecule has 2 rings (SSSR count). The Morgan fingerprint density at radius 3 is 2.67 bits per heavy atom. The molecule has 0 bridgehead atoms. The van der Waals surface area contributed by atoms with Crippen LogP contribution in [0.3, 0.4) is 0 Å². The van der Waals surface area contributed by atoms with Crippen LogP contribution in [0.2, 0.25) is 0 Å². The average molecular weight is 314 g/mol. The first kappa shape index (κ1) is 12.8. The van der Waals surface area contributed by atoms with Crippen molar-refractivity contribution in [3.05, 3.63) is 63.2 Å². The smallest absolute Gasteiger partial charge is 0.404 e. The monoisotopic (exact) mass is 313 g/mol. The number of nitrogens with zero attached hydrogens (tertiary/aromatic N) is 1. The highest BCUT2D eigenvalue weighted by Gasteiger charge is 2.19. The van der Waals surface area contributed by atoms with Crippen molar-refractivity contribution in [1.29, 1.82) is 0 Å². The number of rotatable bonds is 3. The Hall–Kier alpha value is -1.69. The van der Waals surface area contributed by atoms with Crippen molar-refractivity contribution in [2.75, 3.05) is 0 Å². The number of benzene rings is 1. The number of hydrogen-bond donors (Lipinski definition) is 0. The molecule has 1 aromatic heterocycles. The SMILES string of the molecule is Cc1cc(C(Br)c2ccc([N+](=O)[O-])o2)ccc1F. The highest BCUT2D eigenvalue weighted by molar-refractivity contribution is 9.09. The van der Waals surface area contributed by atoms with Gasteiger partial charge in [0.05, 0.1) is 10.9 Å². The fourth-order valence-corrected chi connectivity index (χ4v) is 2.10. The second kappa shape index (κ2) is 4.89. The highest BCUT2D eigenvalue weighted by Crippen LogP contribution is 2.34. The Morgan fingerprint density at radius 1 is 1.39 bits per heavy atom. The lowest BCUT2D eigenvalue weighted by Gasteiger charge is -2.08. The summed E-state index contributed by atoms with van der Waals surface area (Å²) in [7, 11) is 0. The number of hydrogen-bond acceptors (Lipinski definition) is 3. The zero-order chi connectivity index (χ0) is 13.3. The Morgan fingerprint density at radius 2 is 2.11 bits per heavy atom. The van der Waals surface area contributed by atoms with Crippen LogP contribution in [0.15, 0.2) is 34.7 Å². The lowest BCUT2D eigenvalue weighted by atomic mass is 10.1. The minimum Gasteiger partial charge on any atom is -0.404 e. The van der Waals surface area contributed by atoms with Crippen molar-refractivity contribution in [1.82, 2.24) is 0 Å². The van der Waals surface area contributed by atoms with Gasteiger partial charge in [-0.15, -0.1) is 0 Å². The molecule has 1 aromatic carbocycles. The summed E-state index contributed by atoms with van der Waals surface area (Å²) >= 11 is 3.38. The van der Waals surface area contributed by atoms with Gasteiger partial charge in [0.25, 0.3) is 0 Å². The summed E-state index contributed by atoms with van der Waals surface area (Å²) < 4.78 is 18.2. The maximum atomic E-state index is 13.1. The van der Waals surface area contributed by atoms with Gasteiger partial charge in [-0.3, -0.25) is 10.1 Å². The number of aryl methyl sites for hydroxylation is 1. The molecule has 0 fully saturated rings. The summed E-state index contributed by atoms with van der Waals surface area (Å²) in [5.41, 5.74) is 1.29. The first-order valence-corrected chi connectivity index (χ1v) is 6.05. The zero-order valence-electron chi connectivity index (χ0n) is 9.39. The van der Waals surface area contributed by atoms with E-state index in [4.69, 9.17) is 4.42 Å². The maximum Gasteiger partial charge on any atom is 0.433 e. The molecular weight excluding hydrogens is 305 g/mol. The van der Waals surface area contributed by atoms with Gasteiger partial charge in [0, 0.05) is 0 Å². The van der Waals surface area contributed by atoms with Crippen molar-refractivity contribution in [3.63, 3.8) is 0 Å². The summed E-state index contributed by atoms with van der Waals surface area (Å²) in [5.74, 6) is -0.190. The molecule has 0 aliphatic rings. The van der Waals surface area contributed by atoms with E-state index in [9.17, 15) is 14.5 Å². The molecule has 0 saturated carbocycles. The van der Waals surface area contributed by atoms with E-state index in [0.717, 1.165) is 5.56 Å². The van der Waals surface area contributed by atoms with Crippen LogP contribution in [0.4, 0.5) is 10.3 Å². The van der Waals surface area contributed by atoms with E-state index in [0.29, 0.717) is 11.3 Å². The van der Waals surface area contributed by atoms with Gasteiger partial charge >= 0.3 is 5.88 Å². The topological polar surface area (TPSA) is 56.3 Å². The number of halogens is 2. The minimum atomic E-state index is -0.598. The molecule has 0 aliphatic carbocycles. The van der Waals surface area contributed by atoms with Crippen LogP contribution in [0, 0.1) is 22.9 Å². The molecular formula is C12H9BrFNO3. The van der Waals surface area contributed by atoms with Gasteiger partial charge in [0.1, 0.15) is 16.5 Å². The number of nitro groups is 1. The molecule has 6 heteroatoms. The summed E-state index contributed by atoms with van der Waals surface area (Å²) in [6, 6.07) is 7.45. The average Bonchev–Trinajstić information content (AvgIpc) is 2.81. The number of alkyl halides is 1. The minimum absolute atomic E-state index is 0.288. The largest absolute Gasteiger partial charge is 0.433 e. The van der Waals surface area contributed by atoms with Crippen molar-refractivity contribution >= 4 is 21.8 Å². The van der Waals surface area contributed by atoms with E-state index in [-0.39, 0.29) is 16.5 Å². The predicted octanol–water partition coefficient (Wildman–Crippen LogP) is 4.12. The second-order valence-electron chi connectivity index (χ2n) is 3.80. The second-order valence-corrected chi connectivity index (χ2v) is 4.72. The van der Waals surface area contributed by atoms with Crippen molar-refractivity contribution < 1.29 is 13.7 Å². The number of furan rings is 1. The quantitative estimate of drug-likeness (QED) is 0.486. The molecule has 0 saturated heterocycles. The van der Waals surface area contributed by atoms with Crippen LogP contribution in [0.25, 0.3) is 0 Å². The van der Waals surface area contributed by atoms with Crippen LogP contribution in [0.1, 0.15) is 21.7 Å². The van der Waals surface area contributed by atoms with E-state index in [2.05, 4.69) is 15.9 Å². The lowest BCUT2D eigenvalue weighted by Crippen LogP contribution is -1.93. The van der Waals surface area contributed by atoms with Gasteiger partial charge in [-0.2, -0.15) is 0 Å². The van der Waals surface area contributed by atoms with Crippen molar-refractivity contribution in [2.24, 2.45) is 0 Å². The fourth-order valence-electron chi connectivity index (χ4n) is 1.57. The Bertz CT molecular complexity index is 597. The van der Waals surface area contributed by atoms with Crippen LogP contribution in [0.5, 0.6) is 0 Å². The molecule has 2 aromatic rings. The van der Waals surface area contributed by atoms with Gasteiger partial charge < -0.3 is 4.42 Å². The van der Waals surface area contributed by atoms with E-state index in [1.54, 1.807) is 19.1 Å². The molecule has 1 heterocycles. The Labute approximate surface area is 111 Å². The molecule has 0 spiro atoms. The molecule has 1 atom stereocenters. The fraction of sp³-hybridized carbons (Fsp3) is 0.167. The standard InChI is InChI=1S/C12H9BrFNO3/c1-7-6-8(2-3-9(7)14)12(13)10-4-5-11(18-10)15(16)17/h2-6,12H,1H3. The summed E-state index contributed by atoms with van der Waals surface area (Å²) in [6.45, 7) is 1.66. The molecule has 94 valence electrons. The molecule has 1 unspecified atom stereocenters. The lowest BCUT2D eigenvalue weighted by molar-refractivity contribution is -0.402. The predicted molar refractivity (Wildman–Crippen MR) is 67.3 cm³/mol. The highest BCUT2D eigenvalue weighted by atomic mass is 79.9. The molecule has 0 radical (unpaired) electrons. The van der Waals surface area contributed by atoms with Gasteiger partial charge in [-0.1, -0.05) is 28.1 Å². The van der Waals surface area contributed by atoms with Gasteiger partial charge in [-0.25, -0.2) is 4.39 Å². The summed E-state index contributed by atoms with van der Waals surface area (Å²) in [4.78, 5) is 9.58.